The summed E-state index contributed by atoms with van der Waals surface area (Å²) in [5.74, 6) is 1.75. The van der Waals surface area contributed by atoms with E-state index in [1.165, 1.54) is 6.07 Å². The van der Waals surface area contributed by atoms with Gasteiger partial charge in [0.1, 0.15) is 18.0 Å². The zero-order valence-electron chi connectivity index (χ0n) is 17.9. The van der Waals surface area contributed by atoms with Gasteiger partial charge in [-0.25, -0.2) is 14.4 Å². The van der Waals surface area contributed by atoms with Gasteiger partial charge in [0, 0.05) is 44.8 Å². The van der Waals surface area contributed by atoms with Gasteiger partial charge in [-0.3, -0.25) is 4.79 Å². The van der Waals surface area contributed by atoms with Crippen LogP contribution in [0.15, 0.2) is 36.7 Å². The Labute approximate surface area is 182 Å². The first-order chi connectivity index (χ1) is 15.1. The maximum Gasteiger partial charge on any atom is 0.223 e. The molecule has 0 saturated carbocycles. The number of benzene rings is 1. The molecule has 2 aromatic rings. The number of carbonyl (C=O) groups is 1. The summed E-state index contributed by atoms with van der Waals surface area (Å²) in [6.45, 7) is 2.21. The Morgan fingerprint density at radius 1 is 1.19 bits per heavy atom. The fourth-order valence-corrected chi connectivity index (χ4v) is 5.92. The summed E-state index contributed by atoms with van der Waals surface area (Å²) in [5.41, 5.74) is 1.83. The second-order valence-corrected chi connectivity index (χ2v) is 9.12. The van der Waals surface area contributed by atoms with Crippen molar-refractivity contribution in [2.45, 2.75) is 50.8 Å². The quantitative estimate of drug-likeness (QED) is 0.738. The van der Waals surface area contributed by atoms with Crippen LogP contribution >= 0.6 is 0 Å². The van der Waals surface area contributed by atoms with Gasteiger partial charge in [-0.1, -0.05) is 12.1 Å². The maximum absolute atomic E-state index is 13.9. The van der Waals surface area contributed by atoms with Crippen LogP contribution in [0.3, 0.4) is 0 Å². The number of amides is 1. The Morgan fingerprint density at radius 2 is 2.06 bits per heavy atom. The van der Waals surface area contributed by atoms with Crippen molar-refractivity contribution in [3.63, 3.8) is 0 Å². The van der Waals surface area contributed by atoms with E-state index in [2.05, 4.69) is 19.8 Å². The first-order valence-corrected chi connectivity index (χ1v) is 11.2. The number of ether oxygens (including phenoxy) is 1. The Morgan fingerprint density at radius 3 is 2.90 bits per heavy atom. The van der Waals surface area contributed by atoms with E-state index in [4.69, 9.17) is 4.74 Å². The highest BCUT2D eigenvalue weighted by Crippen LogP contribution is 2.43. The van der Waals surface area contributed by atoms with Gasteiger partial charge in [-0.2, -0.15) is 0 Å². The minimum atomic E-state index is -0.218. The molecule has 4 heterocycles. The molecule has 1 aromatic heterocycles. The van der Waals surface area contributed by atoms with E-state index in [9.17, 15) is 9.18 Å². The predicted molar refractivity (Wildman–Crippen MR) is 115 cm³/mol. The molecule has 164 valence electrons. The number of fused-ring (bicyclic) bond motifs is 4. The summed E-state index contributed by atoms with van der Waals surface area (Å²) in [5, 5.41) is 0. The van der Waals surface area contributed by atoms with E-state index in [1.807, 2.05) is 12.1 Å². The van der Waals surface area contributed by atoms with Crippen molar-refractivity contribution in [3.8, 4) is 0 Å². The lowest BCUT2D eigenvalue weighted by atomic mass is 9.70. The highest BCUT2D eigenvalue weighted by molar-refractivity contribution is 5.78. The van der Waals surface area contributed by atoms with Gasteiger partial charge in [-0.05, 0) is 55.2 Å². The standard InChI is InChI=1S/C24H29FN4O2/c1-31-14-20-11-23(27-15-26-20)28-12-17-10-18(13-28)22(9-16-4-2-5-19(25)8-16)29-21(17)6-3-7-24(29)30/h2,4-5,8,11,15,17-18,21-22H,3,6-7,9-10,12-14H2,1H3/t17-,18+,21+,22+/m1/s1. The molecule has 3 fully saturated rings. The monoisotopic (exact) mass is 424 g/mol. The fourth-order valence-electron chi connectivity index (χ4n) is 5.92. The van der Waals surface area contributed by atoms with Gasteiger partial charge >= 0.3 is 0 Å². The smallest absolute Gasteiger partial charge is 0.223 e. The highest BCUT2D eigenvalue weighted by Gasteiger charge is 2.49. The van der Waals surface area contributed by atoms with Gasteiger partial charge in [0.05, 0.1) is 12.3 Å². The molecule has 0 unspecified atom stereocenters. The van der Waals surface area contributed by atoms with Crippen LogP contribution in [0.5, 0.6) is 0 Å². The van der Waals surface area contributed by atoms with E-state index in [0.29, 0.717) is 31.3 Å². The maximum atomic E-state index is 13.9. The number of piperidine rings is 3. The van der Waals surface area contributed by atoms with Crippen molar-refractivity contribution in [1.29, 1.82) is 0 Å². The van der Waals surface area contributed by atoms with Crippen LogP contribution in [0.4, 0.5) is 10.2 Å². The lowest BCUT2D eigenvalue weighted by Gasteiger charge is -2.57. The molecule has 3 aliphatic heterocycles. The van der Waals surface area contributed by atoms with Crippen molar-refractivity contribution >= 4 is 11.7 Å². The summed E-state index contributed by atoms with van der Waals surface area (Å²) < 4.78 is 19.1. The topological polar surface area (TPSA) is 58.6 Å². The second-order valence-electron chi connectivity index (χ2n) is 9.12. The largest absolute Gasteiger partial charge is 0.378 e. The number of nitrogens with zero attached hydrogens (tertiary/aromatic N) is 4. The summed E-state index contributed by atoms with van der Waals surface area (Å²) >= 11 is 0. The van der Waals surface area contributed by atoms with E-state index in [1.54, 1.807) is 25.6 Å². The van der Waals surface area contributed by atoms with Gasteiger partial charge in [-0.15, -0.1) is 0 Å². The van der Waals surface area contributed by atoms with Crippen molar-refractivity contribution in [3.05, 3.63) is 53.7 Å². The molecule has 1 aromatic carbocycles. The molecule has 4 atom stereocenters. The molecule has 0 spiro atoms. The van der Waals surface area contributed by atoms with Gasteiger partial charge < -0.3 is 14.5 Å². The van der Waals surface area contributed by atoms with E-state index in [0.717, 1.165) is 49.4 Å². The number of halogens is 1. The van der Waals surface area contributed by atoms with Crippen LogP contribution in [0, 0.1) is 17.7 Å². The number of hydrogen-bond acceptors (Lipinski definition) is 5. The minimum Gasteiger partial charge on any atom is -0.378 e. The first-order valence-electron chi connectivity index (χ1n) is 11.2. The van der Waals surface area contributed by atoms with Crippen molar-refractivity contribution < 1.29 is 13.9 Å². The summed E-state index contributed by atoms with van der Waals surface area (Å²) in [6, 6.07) is 9.19. The van der Waals surface area contributed by atoms with Gasteiger partial charge in [0.15, 0.2) is 0 Å². The molecular weight excluding hydrogens is 395 g/mol. The van der Waals surface area contributed by atoms with Crippen LogP contribution in [-0.2, 0) is 22.6 Å². The number of carbonyl (C=O) groups excluding carboxylic acids is 1. The van der Waals surface area contributed by atoms with Gasteiger partial charge in [0.2, 0.25) is 5.91 Å². The van der Waals surface area contributed by atoms with Crippen molar-refractivity contribution in [2.75, 3.05) is 25.1 Å². The van der Waals surface area contributed by atoms with Crippen LogP contribution in [-0.4, -0.2) is 53.1 Å². The molecule has 0 aliphatic carbocycles. The molecule has 0 radical (unpaired) electrons. The molecule has 7 heteroatoms. The zero-order valence-corrected chi connectivity index (χ0v) is 17.9. The first kappa shape index (κ1) is 20.4. The number of aromatic nitrogens is 2. The lowest BCUT2D eigenvalue weighted by Crippen LogP contribution is -2.65. The molecule has 3 saturated heterocycles. The van der Waals surface area contributed by atoms with Gasteiger partial charge in [0.25, 0.3) is 0 Å². The molecule has 2 bridgehead atoms. The third-order valence-electron chi connectivity index (χ3n) is 7.16. The number of anilines is 1. The number of hydrogen-bond donors (Lipinski definition) is 0. The summed E-state index contributed by atoms with van der Waals surface area (Å²) in [7, 11) is 1.67. The Bertz CT molecular complexity index is 955. The zero-order chi connectivity index (χ0) is 21.4. The fraction of sp³-hybridized carbons (Fsp3) is 0.542. The Kier molecular flexibility index (Phi) is 5.61. The van der Waals surface area contributed by atoms with Crippen molar-refractivity contribution in [2.24, 2.45) is 11.8 Å². The number of methoxy groups -OCH3 is 1. The van der Waals surface area contributed by atoms with E-state index >= 15 is 0 Å². The Hall–Kier alpha value is -2.54. The lowest BCUT2D eigenvalue weighted by molar-refractivity contribution is -0.148. The summed E-state index contributed by atoms with van der Waals surface area (Å²) in [4.78, 5) is 26.4. The molecule has 3 aliphatic rings. The van der Waals surface area contributed by atoms with Crippen LogP contribution in [0.25, 0.3) is 0 Å². The third kappa shape index (κ3) is 4.03. The van der Waals surface area contributed by atoms with Crippen LogP contribution < -0.4 is 4.90 Å². The molecular formula is C24H29FN4O2. The SMILES string of the molecule is COCc1cc(N2C[C@H]3C[C@@H](C2)[C@H](Cc2cccc(F)c2)N2C(=O)CCC[C@@H]32)ncn1. The van der Waals surface area contributed by atoms with E-state index < -0.39 is 0 Å². The predicted octanol–water partition coefficient (Wildman–Crippen LogP) is 3.21. The Balaban J connectivity index is 1.45. The molecule has 0 N–H and O–H groups in total. The average Bonchev–Trinajstić information content (AvgIpc) is 2.77. The minimum absolute atomic E-state index is 0.0962. The molecule has 31 heavy (non-hydrogen) atoms. The molecule has 1 amide bonds. The summed E-state index contributed by atoms with van der Waals surface area (Å²) in [6.07, 6.45) is 6.06. The molecule has 6 nitrogen and oxygen atoms in total. The third-order valence-corrected chi connectivity index (χ3v) is 7.16. The number of rotatable bonds is 5. The highest BCUT2D eigenvalue weighted by atomic mass is 19.1. The normalized spacial score (nSPS) is 27.9. The van der Waals surface area contributed by atoms with Crippen LogP contribution in [0.1, 0.15) is 36.9 Å². The molecule has 5 rings (SSSR count). The van der Waals surface area contributed by atoms with Crippen molar-refractivity contribution in [1.82, 2.24) is 14.9 Å². The van der Waals surface area contributed by atoms with E-state index in [-0.39, 0.29) is 23.8 Å². The van der Waals surface area contributed by atoms with Crippen LogP contribution in [0.2, 0.25) is 0 Å². The average molecular weight is 425 g/mol. The second kappa shape index (κ2) is 8.54.